The number of nitrogens with two attached hydrogens (primary N) is 1. The molecule has 0 aliphatic heterocycles. The molecule has 1 atom stereocenters. The summed E-state index contributed by atoms with van der Waals surface area (Å²) in [4.78, 5) is 24.3. The van der Waals surface area contributed by atoms with Crippen LogP contribution in [0.15, 0.2) is 36.4 Å². The van der Waals surface area contributed by atoms with Crippen molar-refractivity contribution in [3.63, 3.8) is 0 Å². The third-order valence-electron chi connectivity index (χ3n) is 3.65. The van der Waals surface area contributed by atoms with Crippen LogP contribution in [0.1, 0.15) is 42.3 Å². The van der Waals surface area contributed by atoms with Gasteiger partial charge < -0.3 is 19.9 Å². The smallest absolute Gasteiger partial charge is 0.339 e. The number of esters is 1. The van der Waals surface area contributed by atoms with Crippen molar-refractivity contribution in [2.24, 2.45) is 5.73 Å². The highest BCUT2D eigenvalue weighted by atomic mass is 35.5. The van der Waals surface area contributed by atoms with Crippen LogP contribution in [0.3, 0.4) is 0 Å². The molecule has 2 aromatic carbocycles. The Labute approximate surface area is 167 Å². The van der Waals surface area contributed by atoms with Gasteiger partial charge in [-0.25, -0.2) is 9.18 Å². The van der Waals surface area contributed by atoms with Gasteiger partial charge in [-0.05, 0) is 37.6 Å². The van der Waals surface area contributed by atoms with Gasteiger partial charge in [0.05, 0.1) is 23.8 Å². The molecule has 1 amide bonds. The SMILES string of the molecule is CCCOc1c(Cl)cc(C(=O)O[C@@H](C(N)=O)c2ccc(F)cc2)cc1OCC. The van der Waals surface area contributed by atoms with Crippen LogP contribution in [0, 0.1) is 5.82 Å². The van der Waals surface area contributed by atoms with Crippen molar-refractivity contribution in [2.75, 3.05) is 13.2 Å². The average Bonchev–Trinajstić information content (AvgIpc) is 2.66. The van der Waals surface area contributed by atoms with Gasteiger partial charge in [-0.1, -0.05) is 30.7 Å². The summed E-state index contributed by atoms with van der Waals surface area (Å²) in [6, 6.07) is 7.70. The summed E-state index contributed by atoms with van der Waals surface area (Å²) in [7, 11) is 0. The summed E-state index contributed by atoms with van der Waals surface area (Å²) in [5, 5.41) is 0.170. The molecule has 150 valence electrons. The first-order chi connectivity index (χ1) is 13.4. The zero-order chi connectivity index (χ0) is 20.7. The molecule has 0 spiro atoms. The summed E-state index contributed by atoms with van der Waals surface area (Å²) in [5.74, 6) is -1.61. The van der Waals surface area contributed by atoms with Gasteiger partial charge in [0.25, 0.3) is 5.91 Å². The summed E-state index contributed by atoms with van der Waals surface area (Å²) < 4.78 is 29.4. The largest absolute Gasteiger partial charge is 0.490 e. The Morgan fingerprint density at radius 3 is 2.39 bits per heavy atom. The molecular formula is C20H21ClFNO5. The number of hydrogen-bond donors (Lipinski definition) is 1. The predicted molar refractivity (Wildman–Crippen MR) is 102 cm³/mol. The number of carbonyl (C=O) groups is 2. The van der Waals surface area contributed by atoms with Gasteiger partial charge in [-0.2, -0.15) is 0 Å². The standard InChI is InChI=1S/C20H21ClFNO5/c1-3-9-27-18-15(21)10-13(11-16(18)26-4-2)20(25)28-17(19(23)24)12-5-7-14(22)8-6-12/h5-8,10-11,17H,3-4,9H2,1-2H3,(H2,23,24)/t17-/m1/s1. The zero-order valence-corrected chi connectivity index (χ0v) is 16.3. The molecule has 2 aromatic rings. The van der Waals surface area contributed by atoms with E-state index in [1.54, 1.807) is 6.92 Å². The van der Waals surface area contributed by atoms with Crippen molar-refractivity contribution in [1.82, 2.24) is 0 Å². The lowest BCUT2D eigenvalue weighted by Crippen LogP contribution is -2.26. The van der Waals surface area contributed by atoms with E-state index in [0.717, 1.165) is 18.6 Å². The van der Waals surface area contributed by atoms with Crippen LogP contribution in [0.5, 0.6) is 11.5 Å². The number of ether oxygens (including phenoxy) is 3. The van der Waals surface area contributed by atoms with Gasteiger partial charge in [0.2, 0.25) is 6.10 Å². The number of halogens is 2. The number of hydrogen-bond acceptors (Lipinski definition) is 5. The minimum atomic E-state index is -1.38. The van der Waals surface area contributed by atoms with Crippen LogP contribution in [0.2, 0.25) is 5.02 Å². The molecule has 0 unspecified atom stereocenters. The van der Waals surface area contributed by atoms with Gasteiger partial charge in [-0.15, -0.1) is 0 Å². The van der Waals surface area contributed by atoms with Gasteiger partial charge in [0.1, 0.15) is 5.82 Å². The van der Waals surface area contributed by atoms with Gasteiger partial charge >= 0.3 is 5.97 Å². The molecule has 0 bridgehead atoms. The summed E-state index contributed by atoms with van der Waals surface area (Å²) in [5.41, 5.74) is 5.65. The average molecular weight is 410 g/mol. The van der Waals surface area contributed by atoms with E-state index in [-0.39, 0.29) is 21.9 Å². The van der Waals surface area contributed by atoms with Crippen molar-refractivity contribution >= 4 is 23.5 Å². The fourth-order valence-electron chi connectivity index (χ4n) is 2.40. The van der Waals surface area contributed by atoms with E-state index in [1.807, 2.05) is 6.92 Å². The quantitative estimate of drug-likeness (QED) is 0.631. The Bertz CT molecular complexity index is 841. The monoisotopic (exact) mass is 409 g/mol. The molecule has 8 heteroatoms. The molecule has 0 aliphatic rings. The van der Waals surface area contributed by atoms with Crippen molar-refractivity contribution < 1.29 is 28.2 Å². The van der Waals surface area contributed by atoms with Crippen molar-refractivity contribution in [3.8, 4) is 11.5 Å². The third-order valence-corrected chi connectivity index (χ3v) is 3.93. The molecule has 2 N–H and O–H groups in total. The van der Waals surface area contributed by atoms with E-state index in [4.69, 9.17) is 31.5 Å². The van der Waals surface area contributed by atoms with E-state index in [9.17, 15) is 14.0 Å². The number of amides is 1. The molecule has 0 aromatic heterocycles. The molecule has 2 rings (SSSR count). The van der Waals surface area contributed by atoms with E-state index >= 15 is 0 Å². The Hall–Kier alpha value is -2.80. The second-order valence-corrected chi connectivity index (χ2v) is 6.21. The molecule has 6 nitrogen and oxygen atoms in total. The van der Waals surface area contributed by atoms with Gasteiger partial charge in [0, 0.05) is 5.56 Å². The molecule has 0 saturated heterocycles. The lowest BCUT2D eigenvalue weighted by Gasteiger charge is -2.17. The van der Waals surface area contributed by atoms with Gasteiger partial charge in [0.15, 0.2) is 11.5 Å². The molecule has 0 saturated carbocycles. The number of carbonyl (C=O) groups excluding carboxylic acids is 2. The van der Waals surface area contributed by atoms with Crippen LogP contribution in [-0.2, 0) is 9.53 Å². The van der Waals surface area contributed by atoms with Crippen LogP contribution in [-0.4, -0.2) is 25.1 Å². The minimum absolute atomic E-state index is 0.0608. The summed E-state index contributed by atoms with van der Waals surface area (Å²) in [6.45, 7) is 4.48. The van der Waals surface area contributed by atoms with Crippen LogP contribution >= 0.6 is 11.6 Å². The van der Waals surface area contributed by atoms with Crippen LogP contribution < -0.4 is 15.2 Å². The second-order valence-electron chi connectivity index (χ2n) is 5.81. The number of benzene rings is 2. The highest BCUT2D eigenvalue weighted by Crippen LogP contribution is 2.37. The van der Waals surface area contributed by atoms with Crippen LogP contribution in [0.25, 0.3) is 0 Å². The lowest BCUT2D eigenvalue weighted by molar-refractivity contribution is -0.127. The fourth-order valence-corrected chi connectivity index (χ4v) is 2.66. The van der Waals surface area contributed by atoms with E-state index in [0.29, 0.717) is 19.0 Å². The Kier molecular flexibility index (Phi) is 7.63. The Morgan fingerprint density at radius 1 is 1.14 bits per heavy atom. The normalized spacial score (nSPS) is 11.6. The molecule has 0 aliphatic carbocycles. The van der Waals surface area contributed by atoms with Crippen molar-refractivity contribution in [3.05, 3.63) is 58.4 Å². The first kappa shape index (κ1) is 21.5. The number of primary amides is 1. The highest BCUT2D eigenvalue weighted by molar-refractivity contribution is 6.32. The molecule has 0 heterocycles. The lowest BCUT2D eigenvalue weighted by atomic mass is 10.1. The summed E-state index contributed by atoms with van der Waals surface area (Å²) >= 11 is 6.24. The maximum absolute atomic E-state index is 13.1. The minimum Gasteiger partial charge on any atom is -0.490 e. The first-order valence-corrected chi connectivity index (χ1v) is 9.10. The van der Waals surface area contributed by atoms with Crippen molar-refractivity contribution in [2.45, 2.75) is 26.4 Å². The molecular weight excluding hydrogens is 389 g/mol. The maximum atomic E-state index is 13.1. The Morgan fingerprint density at radius 2 is 1.82 bits per heavy atom. The van der Waals surface area contributed by atoms with E-state index < -0.39 is 23.8 Å². The zero-order valence-electron chi connectivity index (χ0n) is 15.5. The molecule has 28 heavy (non-hydrogen) atoms. The number of rotatable bonds is 9. The van der Waals surface area contributed by atoms with Crippen molar-refractivity contribution in [1.29, 1.82) is 0 Å². The highest BCUT2D eigenvalue weighted by Gasteiger charge is 2.25. The maximum Gasteiger partial charge on any atom is 0.339 e. The Balaban J connectivity index is 2.30. The fraction of sp³-hybridized carbons (Fsp3) is 0.300. The van der Waals surface area contributed by atoms with E-state index in [2.05, 4.69) is 0 Å². The second kappa shape index (κ2) is 9.94. The van der Waals surface area contributed by atoms with Gasteiger partial charge in [-0.3, -0.25) is 4.79 Å². The summed E-state index contributed by atoms with van der Waals surface area (Å²) in [6.07, 6.45) is -0.609. The molecule has 0 radical (unpaired) electrons. The van der Waals surface area contributed by atoms with E-state index in [1.165, 1.54) is 24.3 Å². The van der Waals surface area contributed by atoms with Crippen LogP contribution in [0.4, 0.5) is 4.39 Å². The first-order valence-electron chi connectivity index (χ1n) is 8.72. The third kappa shape index (κ3) is 5.36. The topological polar surface area (TPSA) is 87.9 Å². The molecule has 0 fully saturated rings. The predicted octanol–water partition coefficient (Wildman–Crippen LogP) is 4.05.